The molecule has 102 valence electrons. The molecule has 1 unspecified atom stereocenters. The predicted molar refractivity (Wildman–Crippen MR) is 77.8 cm³/mol. The highest BCUT2D eigenvalue weighted by molar-refractivity contribution is 6.30. The van der Waals surface area contributed by atoms with E-state index in [2.05, 4.69) is 11.4 Å². The standard InChI is InChI=1S/C15H19ClN2O/c16-13-3-1-2-12(9-13)14-10-19-15(18-14)8-11-4-6-17-7-5-11/h1-3,9,11,14,17H,4-8,10H2. The Balaban J connectivity index is 1.64. The van der Waals surface area contributed by atoms with E-state index in [1.165, 1.54) is 12.8 Å². The minimum absolute atomic E-state index is 0.121. The number of ether oxygens (including phenoxy) is 1. The Morgan fingerprint density at radius 1 is 1.32 bits per heavy atom. The third-order valence-electron chi connectivity index (χ3n) is 3.86. The van der Waals surface area contributed by atoms with Crippen LogP contribution < -0.4 is 5.32 Å². The number of halogens is 1. The number of nitrogens with one attached hydrogen (secondary N) is 1. The molecule has 1 aromatic rings. The second-order valence-electron chi connectivity index (χ2n) is 5.30. The van der Waals surface area contributed by atoms with Crippen LogP contribution in [0.4, 0.5) is 0 Å². The molecule has 1 saturated heterocycles. The van der Waals surface area contributed by atoms with Crippen molar-refractivity contribution in [1.29, 1.82) is 0 Å². The van der Waals surface area contributed by atoms with Crippen LogP contribution in [0, 0.1) is 5.92 Å². The summed E-state index contributed by atoms with van der Waals surface area (Å²) in [5, 5.41) is 4.15. The summed E-state index contributed by atoms with van der Waals surface area (Å²) in [6, 6.07) is 8.03. The summed E-state index contributed by atoms with van der Waals surface area (Å²) in [5.41, 5.74) is 1.15. The van der Waals surface area contributed by atoms with E-state index in [0.717, 1.165) is 41.9 Å². The molecule has 0 bridgehead atoms. The quantitative estimate of drug-likeness (QED) is 0.921. The lowest BCUT2D eigenvalue weighted by Gasteiger charge is -2.21. The lowest BCUT2D eigenvalue weighted by atomic mass is 9.95. The van der Waals surface area contributed by atoms with Crippen LogP contribution in [0.2, 0.25) is 5.02 Å². The molecule has 0 amide bonds. The van der Waals surface area contributed by atoms with E-state index < -0.39 is 0 Å². The lowest BCUT2D eigenvalue weighted by molar-refractivity contribution is 0.294. The minimum Gasteiger partial charge on any atom is -0.478 e. The Morgan fingerprint density at radius 3 is 2.95 bits per heavy atom. The van der Waals surface area contributed by atoms with E-state index in [4.69, 9.17) is 21.3 Å². The normalized spacial score (nSPS) is 24.1. The van der Waals surface area contributed by atoms with E-state index in [9.17, 15) is 0 Å². The molecule has 3 rings (SSSR count). The van der Waals surface area contributed by atoms with Crippen LogP contribution in [-0.4, -0.2) is 25.6 Å². The van der Waals surface area contributed by atoms with Crippen molar-refractivity contribution in [3.05, 3.63) is 34.9 Å². The molecule has 0 saturated carbocycles. The summed E-state index contributed by atoms with van der Waals surface area (Å²) >= 11 is 6.02. The molecule has 1 N–H and O–H groups in total. The topological polar surface area (TPSA) is 33.6 Å². The predicted octanol–water partition coefficient (Wildman–Crippen LogP) is 3.20. The van der Waals surface area contributed by atoms with Crippen LogP contribution >= 0.6 is 11.6 Å². The third-order valence-corrected chi connectivity index (χ3v) is 4.10. The summed E-state index contributed by atoms with van der Waals surface area (Å²) in [5.74, 6) is 1.65. The number of piperidine rings is 1. The van der Waals surface area contributed by atoms with Gasteiger partial charge in [0, 0.05) is 11.4 Å². The Morgan fingerprint density at radius 2 is 2.16 bits per heavy atom. The molecule has 2 aliphatic rings. The summed E-state index contributed by atoms with van der Waals surface area (Å²) in [6.07, 6.45) is 3.44. The van der Waals surface area contributed by atoms with Crippen LogP contribution in [0.1, 0.15) is 30.9 Å². The molecule has 2 heterocycles. The Hall–Kier alpha value is -1.06. The maximum atomic E-state index is 6.02. The van der Waals surface area contributed by atoms with Crippen molar-refractivity contribution in [2.75, 3.05) is 19.7 Å². The molecule has 3 nitrogen and oxygen atoms in total. The van der Waals surface area contributed by atoms with Crippen LogP contribution in [0.3, 0.4) is 0 Å². The largest absolute Gasteiger partial charge is 0.478 e. The first kappa shape index (κ1) is 12.9. The van der Waals surface area contributed by atoms with Crippen molar-refractivity contribution >= 4 is 17.5 Å². The number of nitrogens with zero attached hydrogens (tertiary/aromatic N) is 1. The second kappa shape index (κ2) is 5.93. The van der Waals surface area contributed by atoms with Gasteiger partial charge in [0.05, 0.1) is 0 Å². The van der Waals surface area contributed by atoms with Gasteiger partial charge in [-0.1, -0.05) is 23.7 Å². The molecule has 1 fully saturated rings. The van der Waals surface area contributed by atoms with Gasteiger partial charge in [0.15, 0.2) is 5.90 Å². The van der Waals surface area contributed by atoms with Gasteiger partial charge in [-0.2, -0.15) is 0 Å². The van der Waals surface area contributed by atoms with E-state index >= 15 is 0 Å². The zero-order chi connectivity index (χ0) is 13.1. The van der Waals surface area contributed by atoms with Crippen molar-refractivity contribution < 1.29 is 4.74 Å². The highest BCUT2D eigenvalue weighted by Crippen LogP contribution is 2.28. The molecule has 0 spiro atoms. The van der Waals surface area contributed by atoms with E-state index in [-0.39, 0.29) is 6.04 Å². The lowest BCUT2D eigenvalue weighted by Crippen LogP contribution is -2.28. The maximum absolute atomic E-state index is 6.02. The van der Waals surface area contributed by atoms with Gasteiger partial charge in [0.2, 0.25) is 0 Å². The third kappa shape index (κ3) is 3.28. The molecule has 2 aliphatic heterocycles. The van der Waals surface area contributed by atoms with E-state index in [1.54, 1.807) is 0 Å². The van der Waals surface area contributed by atoms with Crippen molar-refractivity contribution in [3.8, 4) is 0 Å². The molecular formula is C15H19ClN2O. The minimum atomic E-state index is 0.121. The molecule has 0 radical (unpaired) electrons. The average Bonchev–Trinajstić information content (AvgIpc) is 2.88. The molecule has 1 atom stereocenters. The first-order valence-electron chi connectivity index (χ1n) is 6.97. The van der Waals surface area contributed by atoms with Crippen LogP contribution in [0.5, 0.6) is 0 Å². The Kier molecular flexibility index (Phi) is 4.04. The number of rotatable bonds is 3. The average molecular weight is 279 g/mol. The number of hydrogen-bond donors (Lipinski definition) is 1. The van der Waals surface area contributed by atoms with Gasteiger partial charge in [0.1, 0.15) is 12.6 Å². The summed E-state index contributed by atoms with van der Waals surface area (Å²) < 4.78 is 5.75. The van der Waals surface area contributed by atoms with E-state index in [1.807, 2.05) is 18.2 Å². The van der Waals surface area contributed by atoms with Crippen molar-refractivity contribution in [2.24, 2.45) is 10.9 Å². The highest BCUT2D eigenvalue weighted by atomic mass is 35.5. The molecular weight excluding hydrogens is 260 g/mol. The number of aliphatic imine (C=N–C) groups is 1. The smallest absolute Gasteiger partial charge is 0.184 e. The van der Waals surface area contributed by atoms with Gasteiger partial charge >= 0.3 is 0 Å². The molecule has 0 aromatic heterocycles. The van der Waals surface area contributed by atoms with Crippen molar-refractivity contribution in [3.63, 3.8) is 0 Å². The monoisotopic (exact) mass is 278 g/mol. The van der Waals surface area contributed by atoms with Gasteiger partial charge in [-0.3, -0.25) is 0 Å². The molecule has 0 aliphatic carbocycles. The fourth-order valence-electron chi connectivity index (χ4n) is 2.75. The number of hydrogen-bond acceptors (Lipinski definition) is 3. The highest BCUT2D eigenvalue weighted by Gasteiger charge is 2.24. The van der Waals surface area contributed by atoms with Gasteiger partial charge < -0.3 is 10.1 Å². The zero-order valence-electron chi connectivity index (χ0n) is 10.9. The van der Waals surface area contributed by atoms with Gasteiger partial charge in [-0.25, -0.2) is 4.99 Å². The summed E-state index contributed by atoms with van der Waals surface area (Å²) in [4.78, 5) is 4.71. The summed E-state index contributed by atoms with van der Waals surface area (Å²) in [6.45, 7) is 2.89. The zero-order valence-corrected chi connectivity index (χ0v) is 11.7. The summed E-state index contributed by atoms with van der Waals surface area (Å²) in [7, 11) is 0. The fourth-order valence-corrected chi connectivity index (χ4v) is 2.95. The van der Waals surface area contributed by atoms with E-state index in [0.29, 0.717) is 6.61 Å². The SMILES string of the molecule is Clc1cccc(C2COC(CC3CCNCC3)=N2)c1. The van der Waals surface area contributed by atoms with Crippen LogP contribution in [0.25, 0.3) is 0 Å². The molecule has 1 aromatic carbocycles. The van der Waals surface area contributed by atoms with Crippen LogP contribution in [0.15, 0.2) is 29.3 Å². The maximum Gasteiger partial charge on any atom is 0.184 e. The van der Waals surface area contributed by atoms with Crippen molar-refractivity contribution in [1.82, 2.24) is 5.32 Å². The first-order chi connectivity index (χ1) is 9.31. The second-order valence-corrected chi connectivity index (χ2v) is 5.74. The Labute approximate surface area is 119 Å². The Bertz CT molecular complexity index is 469. The van der Waals surface area contributed by atoms with Crippen molar-refractivity contribution in [2.45, 2.75) is 25.3 Å². The van der Waals surface area contributed by atoms with Gasteiger partial charge in [0.25, 0.3) is 0 Å². The molecule has 4 heteroatoms. The van der Waals surface area contributed by atoms with Gasteiger partial charge in [-0.15, -0.1) is 0 Å². The van der Waals surface area contributed by atoms with Crippen LogP contribution in [-0.2, 0) is 4.74 Å². The molecule has 19 heavy (non-hydrogen) atoms. The first-order valence-corrected chi connectivity index (χ1v) is 7.35. The number of benzene rings is 1. The fraction of sp³-hybridized carbons (Fsp3) is 0.533. The van der Waals surface area contributed by atoms with Gasteiger partial charge in [-0.05, 0) is 49.5 Å².